The largest absolute Gasteiger partial charge is 0.497 e. The third-order valence-corrected chi connectivity index (χ3v) is 3.58. The maximum absolute atomic E-state index is 12.0. The van der Waals surface area contributed by atoms with Gasteiger partial charge in [0.05, 0.1) is 7.11 Å². The maximum Gasteiger partial charge on any atom is 0.323 e. The van der Waals surface area contributed by atoms with Gasteiger partial charge in [0.1, 0.15) is 5.75 Å². The predicted molar refractivity (Wildman–Crippen MR) is 94.7 cm³/mol. The van der Waals surface area contributed by atoms with Crippen molar-refractivity contribution in [3.8, 4) is 5.75 Å². The van der Waals surface area contributed by atoms with E-state index in [0.717, 1.165) is 34.5 Å². The molecule has 0 unspecified atom stereocenters. The zero-order chi connectivity index (χ0) is 16.7. The van der Waals surface area contributed by atoms with Crippen LogP contribution in [0.1, 0.15) is 23.6 Å². The zero-order valence-corrected chi connectivity index (χ0v) is 13.7. The summed E-state index contributed by atoms with van der Waals surface area (Å²) in [5.41, 5.74) is 4.04. The molecule has 2 rings (SSSR count). The lowest BCUT2D eigenvalue weighted by molar-refractivity contribution is 0.255. The minimum absolute atomic E-state index is 0.251. The number of amides is 2. The van der Waals surface area contributed by atoms with E-state index in [1.165, 1.54) is 0 Å². The van der Waals surface area contributed by atoms with E-state index in [0.29, 0.717) is 0 Å². The molecule has 120 valence electrons. The van der Waals surface area contributed by atoms with Crippen LogP contribution in [0.15, 0.2) is 48.7 Å². The number of hydrogen-bond acceptors (Lipinski definition) is 2. The van der Waals surface area contributed by atoms with Crippen molar-refractivity contribution < 1.29 is 9.53 Å². The molecule has 0 aliphatic heterocycles. The van der Waals surface area contributed by atoms with Gasteiger partial charge >= 0.3 is 6.03 Å². The lowest BCUT2D eigenvalue weighted by Crippen LogP contribution is -2.24. The van der Waals surface area contributed by atoms with Crippen LogP contribution < -0.4 is 15.4 Å². The molecule has 0 spiro atoms. The second kappa shape index (κ2) is 8.03. The van der Waals surface area contributed by atoms with Crippen LogP contribution in [0.3, 0.4) is 0 Å². The molecule has 2 N–H and O–H groups in total. The van der Waals surface area contributed by atoms with E-state index in [1.54, 1.807) is 13.3 Å². The highest BCUT2D eigenvalue weighted by molar-refractivity contribution is 5.92. The van der Waals surface area contributed by atoms with E-state index in [2.05, 4.69) is 17.6 Å². The first kappa shape index (κ1) is 16.6. The van der Waals surface area contributed by atoms with Crippen molar-refractivity contribution in [3.63, 3.8) is 0 Å². The zero-order valence-electron chi connectivity index (χ0n) is 13.7. The second-order valence-corrected chi connectivity index (χ2v) is 5.17. The Morgan fingerprint density at radius 1 is 1.17 bits per heavy atom. The first-order valence-electron chi connectivity index (χ1n) is 7.60. The number of aryl methyl sites for hydroxylation is 2. The van der Waals surface area contributed by atoms with Crippen LogP contribution in [-0.2, 0) is 6.42 Å². The maximum atomic E-state index is 12.0. The van der Waals surface area contributed by atoms with E-state index >= 15 is 0 Å². The van der Waals surface area contributed by atoms with E-state index in [-0.39, 0.29) is 6.03 Å². The number of benzene rings is 2. The van der Waals surface area contributed by atoms with Crippen molar-refractivity contribution in [3.05, 3.63) is 65.4 Å². The van der Waals surface area contributed by atoms with Gasteiger partial charge in [-0.1, -0.05) is 37.3 Å². The Bertz CT molecular complexity index is 691. The summed E-state index contributed by atoms with van der Waals surface area (Å²) in [4.78, 5) is 12.0. The van der Waals surface area contributed by atoms with E-state index in [9.17, 15) is 4.79 Å². The summed E-state index contributed by atoms with van der Waals surface area (Å²) in [6.45, 7) is 4.06. The summed E-state index contributed by atoms with van der Waals surface area (Å²) >= 11 is 0. The molecule has 0 radical (unpaired) electrons. The number of carbonyl (C=O) groups is 1. The van der Waals surface area contributed by atoms with Crippen LogP contribution in [0, 0.1) is 6.92 Å². The molecule has 2 aromatic rings. The summed E-state index contributed by atoms with van der Waals surface area (Å²) in [6.07, 6.45) is 4.33. The third-order valence-electron chi connectivity index (χ3n) is 3.58. The number of para-hydroxylation sites is 1. The lowest BCUT2D eigenvalue weighted by Gasteiger charge is -2.12. The molecule has 0 atom stereocenters. The number of methoxy groups -OCH3 is 1. The number of hydrogen-bond donors (Lipinski definition) is 2. The Hall–Kier alpha value is -2.75. The van der Waals surface area contributed by atoms with Gasteiger partial charge in [0.2, 0.25) is 0 Å². The Kier molecular flexibility index (Phi) is 5.80. The third kappa shape index (κ3) is 4.61. The highest BCUT2D eigenvalue weighted by Crippen LogP contribution is 2.20. The van der Waals surface area contributed by atoms with Gasteiger partial charge in [-0.2, -0.15) is 0 Å². The number of anilines is 1. The molecule has 0 aliphatic rings. The van der Waals surface area contributed by atoms with Gasteiger partial charge in [0, 0.05) is 11.9 Å². The SMILES string of the molecule is CCc1cccc(C)c1NC(=O)N/C=C/c1ccc(OC)cc1. The minimum atomic E-state index is -0.251. The van der Waals surface area contributed by atoms with Gasteiger partial charge in [-0.25, -0.2) is 4.79 Å². The topological polar surface area (TPSA) is 50.4 Å². The van der Waals surface area contributed by atoms with Gasteiger partial charge in [-0.05, 0) is 48.2 Å². The highest BCUT2D eigenvalue weighted by atomic mass is 16.5. The van der Waals surface area contributed by atoms with Crippen LogP contribution >= 0.6 is 0 Å². The van der Waals surface area contributed by atoms with Gasteiger partial charge in [0.25, 0.3) is 0 Å². The number of ether oxygens (including phenoxy) is 1. The van der Waals surface area contributed by atoms with Crippen molar-refractivity contribution in [2.24, 2.45) is 0 Å². The Labute approximate surface area is 137 Å². The molecule has 0 heterocycles. The van der Waals surface area contributed by atoms with Crippen LogP contribution in [0.4, 0.5) is 10.5 Å². The average Bonchev–Trinajstić information content (AvgIpc) is 2.57. The number of rotatable bonds is 5. The smallest absolute Gasteiger partial charge is 0.323 e. The van der Waals surface area contributed by atoms with Gasteiger partial charge < -0.3 is 15.4 Å². The molecule has 0 fully saturated rings. The number of nitrogens with one attached hydrogen (secondary N) is 2. The molecule has 0 saturated heterocycles. The highest BCUT2D eigenvalue weighted by Gasteiger charge is 2.06. The quantitative estimate of drug-likeness (QED) is 0.862. The molecule has 2 amide bonds. The van der Waals surface area contributed by atoms with Crippen molar-refractivity contribution in [2.45, 2.75) is 20.3 Å². The summed E-state index contributed by atoms with van der Waals surface area (Å²) in [5, 5.41) is 5.64. The van der Waals surface area contributed by atoms with Crippen molar-refractivity contribution >= 4 is 17.8 Å². The molecular weight excluding hydrogens is 288 g/mol. The molecule has 23 heavy (non-hydrogen) atoms. The average molecular weight is 310 g/mol. The van der Waals surface area contributed by atoms with Gasteiger partial charge in [0.15, 0.2) is 0 Å². The molecule has 0 saturated carbocycles. The molecule has 0 aromatic heterocycles. The predicted octanol–water partition coefficient (Wildman–Crippen LogP) is 4.36. The van der Waals surface area contributed by atoms with Crippen molar-refractivity contribution in [1.82, 2.24) is 5.32 Å². The van der Waals surface area contributed by atoms with Crippen LogP contribution in [0.25, 0.3) is 6.08 Å². The Morgan fingerprint density at radius 2 is 1.91 bits per heavy atom. The Balaban J connectivity index is 1.96. The van der Waals surface area contributed by atoms with Crippen molar-refractivity contribution in [2.75, 3.05) is 12.4 Å². The van der Waals surface area contributed by atoms with E-state index in [1.807, 2.05) is 55.5 Å². The molecule has 4 heteroatoms. The monoisotopic (exact) mass is 310 g/mol. The number of carbonyl (C=O) groups excluding carboxylic acids is 1. The summed E-state index contributed by atoms with van der Waals surface area (Å²) in [6, 6.07) is 13.4. The molecule has 0 aliphatic carbocycles. The molecule has 4 nitrogen and oxygen atoms in total. The molecular formula is C19H22N2O2. The normalized spacial score (nSPS) is 10.6. The fraction of sp³-hybridized carbons (Fsp3) is 0.211. The summed E-state index contributed by atoms with van der Waals surface area (Å²) in [7, 11) is 1.63. The number of urea groups is 1. The molecule has 2 aromatic carbocycles. The second-order valence-electron chi connectivity index (χ2n) is 5.17. The minimum Gasteiger partial charge on any atom is -0.497 e. The van der Waals surface area contributed by atoms with Crippen LogP contribution in [-0.4, -0.2) is 13.1 Å². The van der Waals surface area contributed by atoms with Gasteiger partial charge in [-0.15, -0.1) is 0 Å². The van der Waals surface area contributed by atoms with Crippen LogP contribution in [0.2, 0.25) is 0 Å². The summed E-state index contributed by atoms with van der Waals surface area (Å²) in [5.74, 6) is 0.805. The lowest BCUT2D eigenvalue weighted by atomic mass is 10.1. The van der Waals surface area contributed by atoms with Crippen molar-refractivity contribution in [1.29, 1.82) is 0 Å². The fourth-order valence-electron chi connectivity index (χ4n) is 2.28. The Morgan fingerprint density at radius 3 is 2.57 bits per heavy atom. The fourth-order valence-corrected chi connectivity index (χ4v) is 2.28. The van der Waals surface area contributed by atoms with Crippen LogP contribution in [0.5, 0.6) is 5.75 Å². The first-order chi connectivity index (χ1) is 11.1. The standard InChI is InChI=1S/C19H22N2O2/c1-4-16-7-5-6-14(2)18(16)21-19(22)20-13-12-15-8-10-17(23-3)11-9-15/h5-13H,4H2,1-3H3,(H2,20,21,22)/b13-12+. The van der Waals surface area contributed by atoms with E-state index < -0.39 is 0 Å². The first-order valence-corrected chi connectivity index (χ1v) is 7.60. The molecule has 0 bridgehead atoms. The van der Waals surface area contributed by atoms with E-state index in [4.69, 9.17) is 4.74 Å². The van der Waals surface area contributed by atoms with Gasteiger partial charge in [-0.3, -0.25) is 0 Å². The summed E-state index contributed by atoms with van der Waals surface area (Å²) < 4.78 is 5.11.